The number of benzene rings is 2. The number of hydrogen-bond acceptors (Lipinski definition) is 4. The number of thiazole rings is 1. The second kappa shape index (κ2) is 8.59. The molecule has 2 aromatic carbocycles. The zero-order chi connectivity index (χ0) is 20.2. The van der Waals surface area contributed by atoms with E-state index < -0.39 is 0 Å². The maximum absolute atomic E-state index is 12.6. The van der Waals surface area contributed by atoms with Gasteiger partial charge in [-0.15, -0.1) is 11.3 Å². The first-order valence-electron chi connectivity index (χ1n) is 9.67. The first-order valence-corrected chi connectivity index (χ1v) is 10.5. The first kappa shape index (κ1) is 19.4. The van der Waals surface area contributed by atoms with Crippen LogP contribution >= 0.6 is 11.3 Å². The number of quaternary nitrogens is 1. The molecule has 0 aliphatic carbocycles. The Morgan fingerprint density at radius 2 is 1.93 bits per heavy atom. The van der Waals surface area contributed by atoms with Gasteiger partial charge in [0, 0.05) is 12.1 Å². The molecule has 1 amide bonds. The number of aromatic nitrogens is 1. The zero-order valence-corrected chi connectivity index (χ0v) is 17.3. The number of carbonyl (C=O) groups is 1. The molecule has 2 atom stereocenters. The van der Waals surface area contributed by atoms with Gasteiger partial charge in [0.05, 0.1) is 28.5 Å². The van der Waals surface area contributed by atoms with Gasteiger partial charge in [0.15, 0.2) is 11.8 Å². The van der Waals surface area contributed by atoms with Crippen LogP contribution in [0.25, 0.3) is 10.2 Å². The van der Waals surface area contributed by atoms with E-state index >= 15 is 0 Å². The molecule has 29 heavy (non-hydrogen) atoms. The van der Waals surface area contributed by atoms with Gasteiger partial charge < -0.3 is 14.6 Å². The van der Waals surface area contributed by atoms with Crippen molar-refractivity contribution in [2.75, 3.05) is 12.4 Å². The Bertz CT molecular complexity index is 1050. The monoisotopic (exact) mass is 406 g/mol. The number of hydrogen-bond donors (Lipinski definition) is 2. The normalized spacial score (nSPS) is 13.3. The lowest BCUT2D eigenvalue weighted by Gasteiger charge is -2.20. The Morgan fingerprint density at radius 1 is 1.14 bits per heavy atom. The number of furan rings is 1. The molecule has 2 N–H and O–H groups in total. The highest BCUT2D eigenvalue weighted by Gasteiger charge is 2.22. The highest BCUT2D eigenvalue weighted by Crippen LogP contribution is 2.24. The fraction of sp³-hybridized carbons (Fsp3) is 0.217. The van der Waals surface area contributed by atoms with E-state index in [0.717, 1.165) is 33.3 Å². The predicted octanol–water partition coefficient (Wildman–Crippen LogP) is 3.52. The Kier molecular flexibility index (Phi) is 5.74. The first-order chi connectivity index (χ1) is 14.1. The fourth-order valence-corrected chi connectivity index (χ4v) is 4.19. The second-order valence-electron chi connectivity index (χ2n) is 7.26. The number of likely N-dealkylation sites (N-methyl/N-ethyl adjacent to an activating group) is 1. The van der Waals surface area contributed by atoms with Gasteiger partial charge in [-0.1, -0.05) is 24.3 Å². The molecule has 2 aromatic heterocycles. The van der Waals surface area contributed by atoms with Crippen molar-refractivity contribution in [3.8, 4) is 0 Å². The summed E-state index contributed by atoms with van der Waals surface area (Å²) in [6.07, 6.45) is 2.45. The van der Waals surface area contributed by atoms with Crippen LogP contribution in [0.4, 0.5) is 5.69 Å². The summed E-state index contributed by atoms with van der Waals surface area (Å²) in [5.41, 5.74) is 3.03. The molecular formula is C23H24N3O2S+. The van der Waals surface area contributed by atoms with Crippen molar-refractivity contribution >= 4 is 33.1 Å². The zero-order valence-electron chi connectivity index (χ0n) is 16.5. The highest BCUT2D eigenvalue weighted by molar-refractivity contribution is 7.18. The van der Waals surface area contributed by atoms with E-state index in [4.69, 9.17) is 9.40 Å². The predicted molar refractivity (Wildman–Crippen MR) is 116 cm³/mol. The molecule has 4 aromatic rings. The molecule has 6 heteroatoms. The van der Waals surface area contributed by atoms with Gasteiger partial charge in [-0.3, -0.25) is 4.79 Å². The van der Waals surface area contributed by atoms with E-state index in [-0.39, 0.29) is 11.9 Å². The van der Waals surface area contributed by atoms with Crippen molar-refractivity contribution < 1.29 is 14.1 Å². The smallest absolute Gasteiger partial charge is 0.282 e. The van der Waals surface area contributed by atoms with Crippen LogP contribution in [-0.2, 0) is 17.8 Å². The van der Waals surface area contributed by atoms with Crippen LogP contribution in [-0.4, -0.2) is 24.0 Å². The third-order valence-corrected chi connectivity index (χ3v) is 6.12. The van der Waals surface area contributed by atoms with Gasteiger partial charge in [-0.25, -0.2) is 4.98 Å². The SMILES string of the molecule is C[C@@H](C(=O)Nc1ccc(Cc2nc3ccccc3s2)cc1)[NH+](C)Cc1ccco1. The summed E-state index contributed by atoms with van der Waals surface area (Å²) in [6, 6.07) is 19.8. The number of para-hydroxylation sites is 1. The average molecular weight is 407 g/mol. The standard InChI is InChI=1S/C23H23N3O2S/c1-16(26(2)15-19-6-5-13-28-19)23(27)24-18-11-9-17(10-12-18)14-22-25-20-7-3-4-8-21(20)29-22/h3-13,16H,14-15H2,1-2H3,(H,24,27)/p+1/t16-/m0/s1. The second-order valence-corrected chi connectivity index (χ2v) is 8.38. The lowest BCUT2D eigenvalue weighted by molar-refractivity contribution is -0.908. The summed E-state index contributed by atoms with van der Waals surface area (Å²) in [7, 11) is 1.99. The number of nitrogens with one attached hydrogen (secondary N) is 2. The van der Waals surface area contributed by atoms with Crippen molar-refractivity contribution in [1.82, 2.24) is 4.98 Å². The van der Waals surface area contributed by atoms with Crippen molar-refractivity contribution in [2.45, 2.75) is 25.9 Å². The molecule has 0 bridgehead atoms. The van der Waals surface area contributed by atoms with Crippen LogP contribution in [0, 0.1) is 0 Å². The Labute approximate surface area is 174 Å². The highest BCUT2D eigenvalue weighted by atomic mass is 32.1. The largest absolute Gasteiger partial charge is 0.463 e. The van der Waals surface area contributed by atoms with Crippen LogP contribution in [0.5, 0.6) is 0 Å². The van der Waals surface area contributed by atoms with Crippen molar-refractivity contribution in [3.05, 3.63) is 83.3 Å². The number of rotatable bonds is 7. The van der Waals surface area contributed by atoms with E-state index in [1.165, 1.54) is 10.3 Å². The van der Waals surface area contributed by atoms with Crippen LogP contribution in [0.3, 0.4) is 0 Å². The molecule has 148 valence electrons. The van der Waals surface area contributed by atoms with Gasteiger partial charge in [0.1, 0.15) is 6.54 Å². The van der Waals surface area contributed by atoms with E-state index in [9.17, 15) is 4.79 Å². The van der Waals surface area contributed by atoms with E-state index in [1.807, 2.05) is 68.6 Å². The minimum Gasteiger partial charge on any atom is -0.463 e. The third kappa shape index (κ3) is 4.72. The molecule has 4 rings (SSSR count). The molecule has 0 saturated heterocycles. The summed E-state index contributed by atoms with van der Waals surface area (Å²) in [5.74, 6) is 0.870. The van der Waals surface area contributed by atoms with Gasteiger partial charge in [-0.05, 0) is 48.9 Å². The average Bonchev–Trinajstić information content (AvgIpc) is 3.37. The molecule has 2 heterocycles. The summed E-state index contributed by atoms with van der Waals surface area (Å²) in [6.45, 7) is 2.60. The minimum atomic E-state index is -0.192. The van der Waals surface area contributed by atoms with Crippen LogP contribution in [0.15, 0.2) is 71.3 Å². The van der Waals surface area contributed by atoms with Gasteiger partial charge in [-0.2, -0.15) is 0 Å². The van der Waals surface area contributed by atoms with E-state index in [0.29, 0.717) is 6.54 Å². The number of amides is 1. The molecule has 0 radical (unpaired) electrons. The van der Waals surface area contributed by atoms with Crippen LogP contribution in [0.2, 0.25) is 0 Å². The van der Waals surface area contributed by atoms with Crippen molar-refractivity contribution in [2.24, 2.45) is 0 Å². The molecule has 0 saturated carbocycles. The number of fused-ring (bicyclic) bond motifs is 1. The van der Waals surface area contributed by atoms with Crippen LogP contribution < -0.4 is 10.2 Å². The topological polar surface area (TPSA) is 59.6 Å². The molecule has 0 aliphatic rings. The maximum Gasteiger partial charge on any atom is 0.282 e. The quantitative estimate of drug-likeness (QED) is 0.494. The van der Waals surface area contributed by atoms with Crippen molar-refractivity contribution in [3.63, 3.8) is 0 Å². The Hall–Kier alpha value is -2.96. The lowest BCUT2D eigenvalue weighted by Crippen LogP contribution is -3.12. The number of carbonyl (C=O) groups excluding carboxylic acids is 1. The lowest BCUT2D eigenvalue weighted by atomic mass is 10.1. The molecular weight excluding hydrogens is 382 g/mol. The van der Waals surface area contributed by atoms with Gasteiger partial charge in [0.2, 0.25) is 0 Å². The van der Waals surface area contributed by atoms with Crippen molar-refractivity contribution in [1.29, 1.82) is 0 Å². The summed E-state index contributed by atoms with van der Waals surface area (Å²) in [4.78, 5) is 18.4. The fourth-order valence-electron chi connectivity index (χ4n) is 3.19. The summed E-state index contributed by atoms with van der Waals surface area (Å²) >= 11 is 1.72. The molecule has 0 aliphatic heterocycles. The summed E-state index contributed by atoms with van der Waals surface area (Å²) in [5, 5.41) is 4.11. The molecule has 1 unspecified atom stereocenters. The molecule has 0 fully saturated rings. The third-order valence-electron chi connectivity index (χ3n) is 5.08. The molecule has 5 nitrogen and oxygen atoms in total. The Balaban J connectivity index is 1.35. The van der Waals surface area contributed by atoms with Gasteiger partial charge in [0.25, 0.3) is 5.91 Å². The van der Waals surface area contributed by atoms with Crippen LogP contribution in [0.1, 0.15) is 23.3 Å². The van der Waals surface area contributed by atoms with E-state index in [2.05, 4.69) is 11.4 Å². The molecule has 0 spiro atoms. The van der Waals surface area contributed by atoms with Gasteiger partial charge >= 0.3 is 0 Å². The maximum atomic E-state index is 12.6. The number of nitrogens with zero attached hydrogens (tertiary/aromatic N) is 1. The number of anilines is 1. The van der Waals surface area contributed by atoms with E-state index in [1.54, 1.807) is 17.6 Å². The minimum absolute atomic E-state index is 0.00650. The summed E-state index contributed by atoms with van der Waals surface area (Å²) < 4.78 is 6.59. The Morgan fingerprint density at radius 3 is 2.66 bits per heavy atom.